The fourth-order valence-corrected chi connectivity index (χ4v) is 4.86. The highest BCUT2D eigenvalue weighted by Gasteiger charge is 2.48. The van der Waals surface area contributed by atoms with Gasteiger partial charge in [-0.05, 0) is 39.0 Å². The van der Waals surface area contributed by atoms with E-state index in [4.69, 9.17) is 4.74 Å². The van der Waals surface area contributed by atoms with Gasteiger partial charge < -0.3 is 15.0 Å². The minimum atomic E-state index is -4.43. The Bertz CT molecular complexity index is 825. The van der Waals surface area contributed by atoms with Crippen molar-refractivity contribution in [3.8, 4) is 0 Å². The number of esters is 1. The fourth-order valence-electron chi connectivity index (χ4n) is 4.86. The molecule has 8 nitrogen and oxygen atoms in total. The summed E-state index contributed by atoms with van der Waals surface area (Å²) in [7, 11) is 0. The van der Waals surface area contributed by atoms with Crippen molar-refractivity contribution in [2.24, 2.45) is 11.8 Å². The maximum absolute atomic E-state index is 13.5. The first-order valence-corrected chi connectivity index (χ1v) is 10.3. The number of ether oxygens (including phenoxy) is 1. The number of hydrogen-bond donors (Lipinski definition) is 1. The molecule has 0 saturated carbocycles. The lowest BCUT2D eigenvalue weighted by Gasteiger charge is -2.41. The number of hydrogen-bond acceptors (Lipinski definition) is 6. The molecule has 0 aliphatic carbocycles. The Morgan fingerprint density at radius 2 is 2.17 bits per heavy atom. The molecule has 1 amide bonds. The van der Waals surface area contributed by atoms with Crippen molar-refractivity contribution in [3.63, 3.8) is 0 Å². The van der Waals surface area contributed by atoms with Crippen molar-refractivity contribution in [1.29, 1.82) is 0 Å². The topological polar surface area (TPSA) is 89.4 Å². The van der Waals surface area contributed by atoms with Crippen LogP contribution in [0.2, 0.25) is 0 Å². The van der Waals surface area contributed by atoms with Gasteiger partial charge in [-0.1, -0.05) is 0 Å². The lowest BCUT2D eigenvalue weighted by atomic mass is 9.85. The molecular formula is C19H26F3N5O3. The van der Waals surface area contributed by atoms with Crippen LogP contribution in [0.5, 0.6) is 0 Å². The third kappa shape index (κ3) is 4.11. The Balaban J connectivity index is 1.42. The van der Waals surface area contributed by atoms with E-state index in [1.54, 1.807) is 4.90 Å². The molecular weight excluding hydrogens is 403 g/mol. The van der Waals surface area contributed by atoms with E-state index in [-0.39, 0.29) is 36.6 Å². The first-order chi connectivity index (χ1) is 14.0. The van der Waals surface area contributed by atoms with Gasteiger partial charge in [0.1, 0.15) is 11.9 Å². The van der Waals surface area contributed by atoms with E-state index in [9.17, 15) is 22.8 Å². The average Bonchev–Trinajstić information content (AvgIpc) is 3.23. The number of fused-ring (bicyclic) bond motifs is 1. The van der Waals surface area contributed by atoms with Crippen molar-refractivity contribution in [2.45, 2.75) is 69.8 Å². The molecule has 1 aromatic rings. The van der Waals surface area contributed by atoms with E-state index in [1.165, 1.54) is 0 Å². The summed E-state index contributed by atoms with van der Waals surface area (Å²) < 4.78 is 46.8. The quantitative estimate of drug-likeness (QED) is 0.743. The van der Waals surface area contributed by atoms with E-state index in [1.807, 2.05) is 13.8 Å². The summed E-state index contributed by atoms with van der Waals surface area (Å²) in [6.07, 6.45) is -1.48. The van der Waals surface area contributed by atoms with Crippen molar-refractivity contribution in [2.75, 3.05) is 18.4 Å². The van der Waals surface area contributed by atoms with Crippen LogP contribution in [0, 0.1) is 11.8 Å². The number of likely N-dealkylation sites (tertiary alicyclic amines) is 1. The van der Waals surface area contributed by atoms with Crippen LogP contribution in [0.3, 0.4) is 0 Å². The minimum absolute atomic E-state index is 0.0760. The third-order valence-corrected chi connectivity index (χ3v) is 6.29. The van der Waals surface area contributed by atoms with E-state index in [0.717, 1.165) is 17.4 Å². The molecule has 4 heterocycles. The van der Waals surface area contributed by atoms with Gasteiger partial charge in [0.05, 0.1) is 5.92 Å². The number of alkyl halides is 3. The predicted octanol–water partition coefficient (Wildman–Crippen LogP) is 2.54. The number of aromatic nitrogens is 3. The van der Waals surface area contributed by atoms with E-state index in [2.05, 4.69) is 15.4 Å². The van der Waals surface area contributed by atoms with E-state index in [0.29, 0.717) is 25.9 Å². The van der Waals surface area contributed by atoms with Crippen molar-refractivity contribution < 1.29 is 27.5 Å². The number of anilines is 1. The Labute approximate surface area is 172 Å². The van der Waals surface area contributed by atoms with Crippen molar-refractivity contribution >= 4 is 17.8 Å². The van der Waals surface area contributed by atoms with Crippen LogP contribution in [-0.4, -0.2) is 62.4 Å². The second-order valence-corrected chi connectivity index (χ2v) is 9.10. The highest BCUT2D eigenvalue weighted by molar-refractivity contribution is 5.84. The lowest BCUT2D eigenvalue weighted by molar-refractivity contribution is -0.175. The summed E-state index contributed by atoms with van der Waals surface area (Å²) in [4.78, 5) is 30.4. The molecule has 2 saturated heterocycles. The Hall–Kier alpha value is -2.33. The zero-order chi connectivity index (χ0) is 21.7. The highest BCUT2D eigenvalue weighted by atomic mass is 19.4. The second kappa shape index (κ2) is 7.42. The predicted molar refractivity (Wildman–Crippen MR) is 99.3 cm³/mol. The van der Waals surface area contributed by atoms with E-state index < -0.39 is 29.8 Å². The number of nitrogens with zero attached hydrogens (tertiary/aromatic N) is 4. The summed E-state index contributed by atoms with van der Waals surface area (Å²) in [5.41, 5.74) is -0.568. The second-order valence-electron chi connectivity index (χ2n) is 9.10. The first kappa shape index (κ1) is 20.9. The van der Waals surface area contributed by atoms with Crippen molar-refractivity contribution in [1.82, 2.24) is 19.7 Å². The molecule has 0 unspecified atom stereocenters. The van der Waals surface area contributed by atoms with Crippen LogP contribution in [0.25, 0.3) is 0 Å². The number of amides is 1. The van der Waals surface area contributed by atoms with Crippen LogP contribution >= 0.6 is 0 Å². The number of piperidine rings is 1. The number of nitrogens with one attached hydrogen (secondary N) is 1. The van der Waals surface area contributed by atoms with Gasteiger partial charge in [0, 0.05) is 32.0 Å². The number of rotatable bonds is 3. The van der Waals surface area contributed by atoms with Crippen molar-refractivity contribution in [3.05, 3.63) is 6.33 Å². The molecule has 166 valence electrons. The van der Waals surface area contributed by atoms with E-state index >= 15 is 0 Å². The normalized spacial score (nSPS) is 31.1. The first-order valence-electron chi connectivity index (χ1n) is 10.3. The van der Waals surface area contributed by atoms with Crippen LogP contribution < -0.4 is 5.32 Å². The van der Waals surface area contributed by atoms with Gasteiger partial charge in [0.15, 0.2) is 6.04 Å². The zero-order valence-corrected chi connectivity index (χ0v) is 17.0. The van der Waals surface area contributed by atoms with Crippen LogP contribution in [0.15, 0.2) is 6.33 Å². The number of cyclic esters (lactones) is 1. The van der Waals surface area contributed by atoms with Gasteiger partial charge in [-0.2, -0.15) is 23.3 Å². The SMILES string of the molecule is CC1(C)C[C@H](CC(=O)N2CCC[C@@H]([C@@H]3C[C@H](C(F)(F)F)n4ncnc4N3)C2)C(=O)O1. The van der Waals surface area contributed by atoms with Gasteiger partial charge in [-0.15, -0.1) is 0 Å². The molecule has 4 atom stereocenters. The molecule has 2 fully saturated rings. The molecule has 3 aliphatic heterocycles. The van der Waals surface area contributed by atoms with Gasteiger partial charge >= 0.3 is 12.1 Å². The molecule has 0 spiro atoms. The Morgan fingerprint density at radius 1 is 1.40 bits per heavy atom. The molecule has 0 bridgehead atoms. The minimum Gasteiger partial charge on any atom is -0.459 e. The number of carbonyl (C=O) groups is 2. The summed E-state index contributed by atoms with van der Waals surface area (Å²) in [6, 6.07) is -2.19. The highest BCUT2D eigenvalue weighted by Crippen LogP contribution is 2.41. The maximum atomic E-state index is 13.5. The standard InChI is InChI=1S/C19H26F3N5O3/c1-18(2)8-12(16(29)30-18)6-15(28)26-5-3-4-11(9-26)13-7-14(19(20,21)22)27-17(25-13)23-10-24-27/h10-14H,3-9H2,1-2H3,(H,23,24,25)/t11-,12+,13+,14-/m1/s1. The molecule has 1 N–H and O–H groups in total. The fraction of sp³-hybridized carbons (Fsp3) is 0.789. The van der Waals surface area contributed by atoms with Gasteiger partial charge in [-0.3, -0.25) is 9.59 Å². The van der Waals surface area contributed by atoms with Crippen LogP contribution in [0.1, 0.15) is 52.0 Å². The van der Waals surface area contributed by atoms with Gasteiger partial charge in [0.25, 0.3) is 0 Å². The summed E-state index contributed by atoms with van der Waals surface area (Å²) in [5.74, 6) is -0.999. The Morgan fingerprint density at radius 3 is 2.83 bits per heavy atom. The number of halogens is 3. The third-order valence-electron chi connectivity index (χ3n) is 6.29. The molecule has 30 heavy (non-hydrogen) atoms. The molecule has 0 aromatic carbocycles. The molecule has 0 radical (unpaired) electrons. The summed E-state index contributed by atoms with van der Waals surface area (Å²) in [6.45, 7) is 4.54. The molecule has 3 aliphatic rings. The monoisotopic (exact) mass is 429 g/mol. The maximum Gasteiger partial charge on any atom is 0.411 e. The zero-order valence-electron chi connectivity index (χ0n) is 17.0. The summed E-state index contributed by atoms with van der Waals surface area (Å²) >= 11 is 0. The largest absolute Gasteiger partial charge is 0.459 e. The number of carbonyl (C=O) groups excluding carboxylic acids is 2. The Kier molecular flexibility index (Phi) is 5.17. The van der Waals surface area contributed by atoms with Gasteiger partial charge in [0.2, 0.25) is 11.9 Å². The molecule has 11 heteroatoms. The summed E-state index contributed by atoms with van der Waals surface area (Å²) in [5, 5.41) is 6.79. The smallest absolute Gasteiger partial charge is 0.411 e. The molecule has 4 rings (SSSR count). The van der Waals surface area contributed by atoms with Gasteiger partial charge in [-0.25, -0.2) is 4.68 Å². The average molecular weight is 429 g/mol. The lowest BCUT2D eigenvalue weighted by Crippen LogP contribution is -2.49. The van der Waals surface area contributed by atoms with Crippen LogP contribution in [-0.2, 0) is 14.3 Å². The molecule has 1 aromatic heterocycles. The van der Waals surface area contributed by atoms with Crippen LogP contribution in [0.4, 0.5) is 19.1 Å².